The molecule has 0 radical (unpaired) electrons. The number of aliphatic hydroxyl groups excluding tert-OH is 1. The highest BCUT2D eigenvalue weighted by Crippen LogP contribution is 2.44. The summed E-state index contributed by atoms with van der Waals surface area (Å²) in [5.74, 6) is 0.880. The van der Waals surface area contributed by atoms with Crippen LogP contribution in [0.5, 0.6) is 5.75 Å². The molecule has 142 valence electrons. The predicted octanol–water partition coefficient (Wildman–Crippen LogP) is 2.82. The molecule has 0 amide bonds. The molecule has 2 aromatic rings. The zero-order chi connectivity index (χ0) is 20.1. The third-order valence-corrected chi connectivity index (χ3v) is 4.85. The molecule has 0 unspecified atom stereocenters. The fourth-order valence-corrected chi connectivity index (χ4v) is 3.47. The zero-order valence-electron chi connectivity index (χ0n) is 15.8. The number of nitrogens with zero attached hydrogens (tertiary/aromatic N) is 4. The van der Waals surface area contributed by atoms with Gasteiger partial charge in [0.15, 0.2) is 6.19 Å². The average Bonchev–Trinajstić information content (AvgIpc) is 2.71. The number of nitriles is 2. The van der Waals surface area contributed by atoms with Gasteiger partial charge < -0.3 is 9.84 Å². The third-order valence-electron chi connectivity index (χ3n) is 4.85. The number of benzene rings is 1. The van der Waals surface area contributed by atoms with Crippen molar-refractivity contribution in [2.75, 3.05) is 0 Å². The van der Waals surface area contributed by atoms with E-state index in [0.29, 0.717) is 34.7 Å². The summed E-state index contributed by atoms with van der Waals surface area (Å²) in [5.41, 5.74) is 0.848. The van der Waals surface area contributed by atoms with Gasteiger partial charge in [-0.05, 0) is 43.7 Å². The molecule has 0 fully saturated rings. The van der Waals surface area contributed by atoms with Gasteiger partial charge in [-0.25, -0.2) is 0 Å². The van der Waals surface area contributed by atoms with E-state index < -0.39 is 17.7 Å². The van der Waals surface area contributed by atoms with E-state index in [1.54, 1.807) is 42.7 Å². The maximum atomic E-state index is 11.2. The first-order chi connectivity index (χ1) is 13.5. The van der Waals surface area contributed by atoms with Gasteiger partial charge in [0.25, 0.3) is 0 Å². The number of amidine groups is 1. The first-order valence-corrected chi connectivity index (χ1v) is 9.07. The molecule has 7 heteroatoms. The highest BCUT2D eigenvalue weighted by Gasteiger charge is 2.45. The Hall–Kier alpha value is -3.42. The summed E-state index contributed by atoms with van der Waals surface area (Å²) in [6, 6.07) is 10.0. The number of hydrogen-bond donors (Lipinski definition) is 2. The second-order valence-electron chi connectivity index (χ2n) is 6.88. The number of aliphatic hydroxyl groups is 1. The van der Waals surface area contributed by atoms with Gasteiger partial charge in [-0.2, -0.15) is 10.5 Å². The highest BCUT2D eigenvalue weighted by atomic mass is 16.5. The van der Waals surface area contributed by atoms with Crippen molar-refractivity contribution in [3.05, 3.63) is 59.4 Å². The SMILES string of the molecule is CCC[C@]1(C)Oc2ccc(C#N)cc2[C@@H](N=C(NC#N)c2cccnc2)[C@@H]1O. The molecule has 0 spiro atoms. The van der Waals surface area contributed by atoms with Gasteiger partial charge in [0.2, 0.25) is 0 Å². The second kappa shape index (κ2) is 8.08. The monoisotopic (exact) mass is 375 g/mol. The van der Waals surface area contributed by atoms with E-state index in [9.17, 15) is 10.4 Å². The summed E-state index contributed by atoms with van der Waals surface area (Å²) in [7, 11) is 0. The van der Waals surface area contributed by atoms with Crippen LogP contribution in [0.3, 0.4) is 0 Å². The number of rotatable bonds is 4. The molecule has 1 aromatic heterocycles. The van der Waals surface area contributed by atoms with Gasteiger partial charge in [-0.3, -0.25) is 15.3 Å². The number of nitrogens with one attached hydrogen (secondary N) is 1. The maximum Gasteiger partial charge on any atom is 0.182 e. The Morgan fingerprint density at radius 2 is 2.21 bits per heavy atom. The Morgan fingerprint density at radius 1 is 1.39 bits per heavy atom. The van der Waals surface area contributed by atoms with Gasteiger partial charge in [-0.1, -0.05) is 13.3 Å². The van der Waals surface area contributed by atoms with Crippen LogP contribution in [0.4, 0.5) is 0 Å². The maximum absolute atomic E-state index is 11.2. The first-order valence-electron chi connectivity index (χ1n) is 9.07. The van der Waals surface area contributed by atoms with Crippen molar-refractivity contribution in [3.8, 4) is 18.0 Å². The Kier molecular flexibility index (Phi) is 5.58. The number of aliphatic imine (C=N–C) groups is 1. The molecule has 7 nitrogen and oxygen atoms in total. The van der Waals surface area contributed by atoms with E-state index in [2.05, 4.69) is 21.4 Å². The zero-order valence-corrected chi connectivity index (χ0v) is 15.8. The van der Waals surface area contributed by atoms with Crippen LogP contribution in [0.1, 0.15) is 49.4 Å². The lowest BCUT2D eigenvalue weighted by Crippen LogP contribution is -2.51. The number of aromatic nitrogens is 1. The van der Waals surface area contributed by atoms with Crippen molar-refractivity contribution in [2.45, 2.75) is 44.4 Å². The van der Waals surface area contributed by atoms with Crippen LogP contribution in [0.15, 0.2) is 47.7 Å². The quantitative estimate of drug-likeness (QED) is 0.368. The largest absolute Gasteiger partial charge is 0.484 e. The summed E-state index contributed by atoms with van der Waals surface area (Å²) in [4.78, 5) is 8.74. The molecular weight excluding hydrogens is 354 g/mol. The highest BCUT2D eigenvalue weighted by molar-refractivity contribution is 5.99. The lowest BCUT2D eigenvalue weighted by molar-refractivity contribution is -0.0740. The van der Waals surface area contributed by atoms with E-state index in [1.165, 1.54) is 0 Å². The van der Waals surface area contributed by atoms with Crippen molar-refractivity contribution in [1.29, 1.82) is 10.5 Å². The second-order valence-corrected chi connectivity index (χ2v) is 6.88. The lowest BCUT2D eigenvalue weighted by Gasteiger charge is -2.43. The normalized spacial score (nSPS) is 23.7. The smallest absolute Gasteiger partial charge is 0.182 e. The van der Waals surface area contributed by atoms with Crippen molar-refractivity contribution in [1.82, 2.24) is 10.3 Å². The Balaban J connectivity index is 2.16. The minimum atomic E-state index is -0.957. The molecule has 1 aliphatic heterocycles. The Morgan fingerprint density at radius 3 is 2.86 bits per heavy atom. The number of fused-ring (bicyclic) bond motifs is 1. The summed E-state index contributed by atoms with van der Waals surface area (Å²) in [6.07, 6.45) is 5.60. The van der Waals surface area contributed by atoms with Crippen molar-refractivity contribution >= 4 is 5.84 Å². The Labute approximate surface area is 163 Å². The first kappa shape index (κ1) is 19.3. The topological polar surface area (TPSA) is 114 Å². The minimum absolute atomic E-state index is 0.300. The van der Waals surface area contributed by atoms with E-state index in [4.69, 9.17) is 10.00 Å². The van der Waals surface area contributed by atoms with E-state index in [0.717, 1.165) is 6.42 Å². The molecule has 0 aliphatic carbocycles. The number of hydrogen-bond acceptors (Lipinski definition) is 6. The van der Waals surface area contributed by atoms with Gasteiger partial charge in [0.05, 0.1) is 11.6 Å². The molecule has 0 bridgehead atoms. The van der Waals surface area contributed by atoms with Crippen LogP contribution in [0.2, 0.25) is 0 Å². The molecular formula is C21H21N5O2. The molecule has 0 saturated carbocycles. The van der Waals surface area contributed by atoms with Gasteiger partial charge in [0.1, 0.15) is 29.3 Å². The molecule has 28 heavy (non-hydrogen) atoms. The van der Waals surface area contributed by atoms with Gasteiger partial charge in [0, 0.05) is 23.5 Å². The number of pyridine rings is 1. The van der Waals surface area contributed by atoms with Crippen LogP contribution in [-0.4, -0.2) is 27.6 Å². The number of ether oxygens (including phenoxy) is 1. The lowest BCUT2D eigenvalue weighted by atomic mass is 9.82. The molecule has 2 heterocycles. The Bertz CT molecular complexity index is 961. The van der Waals surface area contributed by atoms with Crippen molar-refractivity contribution in [2.24, 2.45) is 4.99 Å². The molecule has 2 N–H and O–H groups in total. The summed E-state index contributed by atoms with van der Waals surface area (Å²) in [6.45, 7) is 3.87. The van der Waals surface area contributed by atoms with Crippen LogP contribution < -0.4 is 10.1 Å². The van der Waals surface area contributed by atoms with Crippen LogP contribution >= 0.6 is 0 Å². The van der Waals surface area contributed by atoms with Crippen molar-refractivity contribution in [3.63, 3.8) is 0 Å². The van der Waals surface area contributed by atoms with Crippen LogP contribution in [-0.2, 0) is 0 Å². The van der Waals surface area contributed by atoms with E-state index in [-0.39, 0.29) is 0 Å². The average molecular weight is 375 g/mol. The van der Waals surface area contributed by atoms with Gasteiger partial charge in [-0.15, -0.1) is 0 Å². The molecule has 3 atom stereocenters. The third kappa shape index (κ3) is 3.66. The predicted molar refractivity (Wildman–Crippen MR) is 103 cm³/mol. The van der Waals surface area contributed by atoms with E-state index >= 15 is 0 Å². The fourth-order valence-electron chi connectivity index (χ4n) is 3.47. The van der Waals surface area contributed by atoms with Gasteiger partial charge >= 0.3 is 0 Å². The van der Waals surface area contributed by atoms with Crippen LogP contribution in [0, 0.1) is 22.8 Å². The van der Waals surface area contributed by atoms with Crippen LogP contribution in [0.25, 0.3) is 0 Å². The van der Waals surface area contributed by atoms with E-state index in [1.807, 2.05) is 20.0 Å². The molecule has 1 aromatic carbocycles. The molecule has 1 aliphatic rings. The molecule has 0 saturated heterocycles. The summed E-state index contributed by atoms with van der Waals surface area (Å²) in [5, 5.41) is 32.2. The summed E-state index contributed by atoms with van der Waals surface area (Å²) >= 11 is 0. The molecule has 3 rings (SSSR count). The fraction of sp³-hybridized carbons (Fsp3) is 0.333. The summed E-state index contributed by atoms with van der Waals surface area (Å²) < 4.78 is 6.12. The standard InChI is InChI=1S/C21H21N5O2/c1-3-8-21(2)19(27)18(16-10-14(11-22)6-7-17(16)28-21)26-20(25-13-23)15-5-4-9-24-12-15/h4-7,9-10,12,18-19,27H,3,8H2,1-2H3,(H,25,26)/t18-,19+,21+/m1/s1. The minimum Gasteiger partial charge on any atom is -0.484 e. The van der Waals surface area contributed by atoms with Crippen molar-refractivity contribution < 1.29 is 9.84 Å².